The van der Waals surface area contributed by atoms with E-state index in [1.807, 2.05) is 31.4 Å². The van der Waals surface area contributed by atoms with Gasteiger partial charge in [-0.15, -0.1) is 11.8 Å². The van der Waals surface area contributed by atoms with Gasteiger partial charge in [-0.3, -0.25) is 4.79 Å². The monoisotopic (exact) mass is 266 g/mol. The number of hydrogen-bond acceptors (Lipinski definition) is 4. The van der Waals surface area contributed by atoms with E-state index in [1.54, 1.807) is 11.8 Å². The molecule has 0 spiro atoms. The first-order valence-electron chi connectivity index (χ1n) is 5.48. The maximum absolute atomic E-state index is 11.5. The average molecular weight is 266 g/mol. The zero-order chi connectivity index (χ0) is 12.3. The largest absolute Gasteiger partial charge is 0.302 e. The normalized spacial score (nSPS) is 10.7. The number of aromatic nitrogens is 1. The van der Waals surface area contributed by atoms with Gasteiger partial charge in [-0.25, -0.2) is 4.98 Å². The van der Waals surface area contributed by atoms with Gasteiger partial charge in [-0.05, 0) is 24.8 Å². The number of carbonyl (C=O) groups is 1. The molecule has 1 aromatic carbocycles. The topological polar surface area (TPSA) is 42.0 Å². The molecule has 1 heterocycles. The Labute approximate surface area is 109 Å². The Balaban J connectivity index is 2.28. The van der Waals surface area contributed by atoms with Crippen LogP contribution in [0, 0.1) is 0 Å². The van der Waals surface area contributed by atoms with Gasteiger partial charge in [0.2, 0.25) is 5.91 Å². The van der Waals surface area contributed by atoms with Gasteiger partial charge in [-0.1, -0.05) is 24.3 Å². The third-order valence-electron chi connectivity index (χ3n) is 2.33. The number of thiazole rings is 1. The number of carbonyl (C=O) groups excluding carboxylic acids is 1. The molecule has 0 aliphatic rings. The lowest BCUT2D eigenvalue weighted by Gasteiger charge is -1.97. The summed E-state index contributed by atoms with van der Waals surface area (Å²) in [6.07, 6.45) is 3.43. The van der Waals surface area contributed by atoms with E-state index >= 15 is 0 Å². The maximum Gasteiger partial charge on any atom is 0.226 e. The Morgan fingerprint density at radius 1 is 1.53 bits per heavy atom. The first-order valence-corrected chi connectivity index (χ1v) is 7.52. The number of para-hydroxylation sites is 1. The molecule has 0 aliphatic heterocycles. The molecule has 0 saturated carbocycles. The number of fused-ring (bicyclic) bond motifs is 1. The van der Waals surface area contributed by atoms with E-state index in [2.05, 4.69) is 10.3 Å². The van der Waals surface area contributed by atoms with Gasteiger partial charge in [-0.2, -0.15) is 0 Å². The molecular formula is C12H14N2OS2. The third-order valence-corrected chi connectivity index (χ3v) is 4.03. The van der Waals surface area contributed by atoms with E-state index in [9.17, 15) is 4.79 Å². The summed E-state index contributed by atoms with van der Waals surface area (Å²) in [7, 11) is 0. The van der Waals surface area contributed by atoms with Crippen molar-refractivity contribution in [3.8, 4) is 0 Å². The second-order valence-corrected chi connectivity index (χ2v) is 5.50. The van der Waals surface area contributed by atoms with E-state index in [0.29, 0.717) is 11.6 Å². The Morgan fingerprint density at radius 3 is 3.06 bits per heavy atom. The van der Waals surface area contributed by atoms with Crippen molar-refractivity contribution in [2.24, 2.45) is 0 Å². The summed E-state index contributed by atoms with van der Waals surface area (Å²) in [5.74, 6) is 0.0391. The zero-order valence-electron chi connectivity index (χ0n) is 9.82. The van der Waals surface area contributed by atoms with E-state index in [1.165, 1.54) is 11.3 Å². The standard InChI is InChI=1S/C12H14N2OS2/c1-3-5-10(15)13-12-14-11-8(16-2)6-4-7-9(11)17-12/h4,6-7H,3,5H2,1-2H3,(H,13,14,15). The second kappa shape index (κ2) is 5.51. The van der Waals surface area contributed by atoms with Gasteiger partial charge in [0.25, 0.3) is 0 Å². The number of benzene rings is 1. The van der Waals surface area contributed by atoms with Gasteiger partial charge in [0.15, 0.2) is 5.13 Å². The molecule has 0 atom stereocenters. The molecule has 1 aromatic heterocycles. The molecule has 0 radical (unpaired) electrons. The first-order chi connectivity index (χ1) is 8.24. The van der Waals surface area contributed by atoms with Gasteiger partial charge in [0.1, 0.15) is 0 Å². The van der Waals surface area contributed by atoms with E-state index in [0.717, 1.165) is 21.5 Å². The predicted octanol–water partition coefficient (Wildman–Crippen LogP) is 3.76. The van der Waals surface area contributed by atoms with Crippen molar-refractivity contribution in [1.82, 2.24) is 4.98 Å². The number of nitrogens with zero attached hydrogens (tertiary/aromatic N) is 1. The number of nitrogens with one attached hydrogen (secondary N) is 1. The smallest absolute Gasteiger partial charge is 0.226 e. The first kappa shape index (κ1) is 12.4. The highest BCUT2D eigenvalue weighted by Gasteiger charge is 2.09. The van der Waals surface area contributed by atoms with Crippen molar-refractivity contribution in [2.45, 2.75) is 24.7 Å². The fourth-order valence-corrected chi connectivity index (χ4v) is 3.09. The zero-order valence-corrected chi connectivity index (χ0v) is 11.5. The molecule has 0 saturated heterocycles. The van der Waals surface area contributed by atoms with Crippen LogP contribution in [0.15, 0.2) is 23.1 Å². The molecule has 0 bridgehead atoms. The van der Waals surface area contributed by atoms with Crippen LogP contribution in [0.1, 0.15) is 19.8 Å². The van der Waals surface area contributed by atoms with Crippen LogP contribution in [0.4, 0.5) is 5.13 Å². The van der Waals surface area contributed by atoms with Crippen molar-refractivity contribution in [2.75, 3.05) is 11.6 Å². The Kier molecular flexibility index (Phi) is 4.02. The van der Waals surface area contributed by atoms with Crippen molar-refractivity contribution >= 4 is 44.4 Å². The summed E-state index contributed by atoms with van der Waals surface area (Å²) in [6, 6.07) is 6.09. The number of hydrogen-bond donors (Lipinski definition) is 1. The van der Waals surface area contributed by atoms with Crippen LogP contribution in [-0.4, -0.2) is 17.1 Å². The summed E-state index contributed by atoms with van der Waals surface area (Å²) in [6.45, 7) is 1.99. The third kappa shape index (κ3) is 2.79. The fraction of sp³-hybridized carbons (Fsp3) is 0.333. The Hall–Kier alpha value is -1.07. The number of amides is 1. The maximum atomic E-state index is 11.5. The number of thioether (sulfide) groups is 1. The SMILES string of the molecule is CCCC(=O)Nc1nc2c(SC)cccc2s1. The van der Waals surface area contributed by atoms with Crippen LogP contribution in [0.25, 0.3) is 10.2 Å². The minimum absolute atomic E-state index is 0.0391. The number of rotatable bonds is 4. The summed E-state index contributed by atoms with van der Waals surface area (Å²) in [5, 5.41) is 3.54. The van der Waals surface area contributed by atoms with E-state index in [4.69, 9.17) is 0 Å². The Morgan fingerprint density at radius 2 is 2.35 bits per heavy atom. The van der Waals surface area contributed by atoms with E-state index < -0.39 is 0 Å². The highest BCUT2D eigenvalue weighted by Crippen LogP contribution is 2.32. The summed E-state index contributed by atoms with van der Waals surface area (Å²) in [4.78, 5) is 17.1. The molecule has 1 amide bonds. The van der Waals surface area contributed by atoms with Gasteiger partial charge in [0, 0.05) is 11.3 Å². The Bertz CT molecular complexity index is 536. The highest BCUT2D eigenvalue weighted by atomic mass is 32.2. The fourth-order valence-electron chi connectivity index (χ4n) is 1.55. The van der Waals surface area contributed by atoms with Gasteiger partial charge >= 0.3 is 0 Å². The van der Waals surface area contributed by atoms with Crippen LogP contribution in [-0.2, 0) is 4.79 Å². The van der Waals surface area contributed by atoms with Crippen molar-refractivity contribution in [3.05, 3.63) is 18.2 Å². The van der Waals surface area contributed by atoms with Crippen LogP contribution >= 0.6 is 23.1 Å². The summed E-state index contributed by atoms with van der Waals surface area (Å²) in [5.41, 5.74) is 0.983. The van der Waals surface area contributed by atoms with Crippen LogP contribution < -0.4 is 5.32 Å². The van der Waals surface area contributed by atoms with Gasteiger partial charge < -0.3 is 5.32 Å². The minimum atomic E-state index is 0.0391. The molecule has 3 nitrogen and oxygen atoms in total. The molecule has 0 aliphatic carbocycles. The minimum Gasteiger partial charge on any atom is -0.302 e. The molecule has 17 heavy (non-hydrogen) atoms. The number of anilines is 1. The predicted molar refractivity (Wildman–Crippen MR) is 74.9 cm³/mol. The second-order valence-electron chi connectivity index (χ2n) is 3.62. The lowest BCUT2D eigenvalue weighted by molar-refractivity contribution is -0.116. The van der Waals surface area contributed by atoms with Crippen molar-refractivity contribution < 1.29 is 4.79 Å². The quantitative estimate of drug-likeness (QED) is 0.857. The van der Waals surface area contributed by atoms with Crippen molar-refractivity contribution in [1.29, 1.82) is 0 Å². The van der Waals surface area contributed by atoms with Crippen LogP contribution in [0.2, 0.25) is 0 Å². The average Bonchev–Trinajstić information content (AvgIpc) is 2.70. The molecular weight excluding hydrogens is 252 g/mol. The molecule has 5 heteroatoms. The molecule has 0 fully saturated rings. The van der Waals surface area contributed by atoms with Crippen LogP contribution in [0.5, 0.6) is 0 Å². The molecule has 2 rings (SSSR count). The highest BCUT2D eigenvalue weighted by molar-refractivity contribution is 7.98. The van der Waals surface area contributed by atoms with Crippen molar-refractivity contribution in [3.63, 3.8) is 0 Å². The lowest BCUT2D eigenvalue weighted by atomic mass is 10.3. The molecule has 0 unspecified atom stereocenters. The molecule has 1 N–H and O–H groups in total. The summed E-state index contributed by atoms with van der Waals surface area (Å²) >= 11 is 3.20. The van der Waals surface area contributed by atoms with Crippen LogP contribution in [0.3, 0.4) is 0 Å². The molecule has 90 valence electrons. The summed E-state index contributed by atoms with van der Waals surface area (Å²) < 4.78 is 1.11. The molecule has 2 aromatic rings. The van der Waals surface area contributed by atoms with E-state index in [-0.39, 0.29) is 5.91 Å². The van der Waals surface area contributed by atoms with Gasteiger partial charge in [0.05, 0.1) is 10.2 Å². The lowest BCUT2D eigenvalue weighted by Crippen LogP contribution is -2.09.